The van der Waals surface area contributed by atoms with Gasteiger partial charge in [0.1, 0.15) is 12.5 Å². The van der Waals surface area contributed by atoms with Gasteiger partial charge in [0.25, 0.3) is 0 Å². The van der Waals surface area contributed by atoms with E-state index in [1.165, 1.54) is 0 Å². The number of alkyl halides is 4. The van der Waals surface area contributed by atoms with Gasteiger partial charge >= 0.3 is 12.3 Å². The molecular weight excluding hydrogens is 265 g/mol. The van der Waals surface area contributed by atoms with E-state index in [0.717, 1.165) is 0 Å². The summed E-state index contributed by atoms with van der Waals surface area (Å²) in [6.45, 7) is -1.31. The van der Waals surface area contributed by atoms with Gasteiger partial charge in [-0.15, -0.1) is 13.2 Å². The standard InChI is InChI=1S/C9H6F5NO3/c10-3-4-1-6(11)5(2-7(16)17)8(15-4)18-9(12,13)14/h1H,2-3H2,(H,16,17). The van der Waals surface area contributed by atoms with Crippen LogP contribution in [0.2, 0.25) is 0 Å². The Balaban J connectivity index is 3.24. The average molecular weight is 271 g/mol. The lowest BCUT2D eigenvalue weighted by atomic mass is 10.1. The predicted molar refractivity (Wildman–Crippen MR) is 47.0 cm³/mol. The fourth-order valence-corrected chi connectivity index (χ4v) is 1.14. The van der Waals surface area contributed by atoms with Crippen LogP contribution in [0.3, 0.4) is 0 Å². The monoisotopic (exact) mass is 271 g/mol. The minimum Gasteiger partial charge on any atom is -0.481 e. The highest BCUT2D eigenvalue weighted by molar-refractivity contribution is 5.71. The molecule has 0 amide bonds. The van der Waals surface area contributed by atoms with Crippen LogP contribution in [0, 0.1) is 5.82 Å². The van der Waals surface area contributed by atoms with Crippen molar-refractivity contribution < 1.29 is 36.6 Å². The lowest BCUT2D eigenvalue weighted by Crippen LogP contribution is -2.20. The molecule has 0 unspecified atom stereocenters. The van der Waals surface area contributed by atoms with Gasteiger partial charge < -0.3 is 9.84 Å². The van der Waals surface area contributed by atoms with Crippen molar-refractivity contribution >= 4 is 5.97 Å². The van der Waals surface area contributed by atoms with E-state index in [1.54, 1.807) is 0 Å². The van der Waals surface area contributed by atoms with Crippen LogP contribution in [0.1, 0.15) is 11.3 Å². The molecule has 0 bridgehead atoms. The SMILES string of the molecule is O=C(O)Cc1c(F)cc(CF)nc1OC(F)(F)F. The van der Waals surface area contributed by atoms with Crippen molar-refractivity contribution in [2.24, 2.45) is 0 Å². The Morgan fingerprint density at radius 2 is 2.06 bits per heavy atom. The summed E-state index contributed by atoms with van der Waals surface area (Å²) in [5.74, 6) is -4.19. The van der Waals surface area contributed by atoms with Crippen LogP contribution < -0.4 is 4.74 Å². The number of hydrogen-bond acceptors (Lipinski definition) is 3. The molecule has 0 aromatic carbocycles. The third-order valence-electron chi connectivity index (χ3n) is 1.76. The summed E-state index contributed by atoms with van der Waals surface area (Å²) in [6, 6.07) is 0.515. The van der Waals surface area contributed by atoms with E-state index in [-0.39, 0.29) is 0 Å². The number of hydrogen-bond donors (Lipinski definition) is 1. The highest BCUT2D eigenvalue weighted by Gasteiger charge is 2.34. The quantitative estimate of drug-likeness (QED) is 0.853. The minimum atomic E-state index is -5.18. The largest absolute Gasteiger partial charge is 0.574 e. The van der Waals surface area contributed by atoms with E-state index in [0.29, 0.717) is 6.07 Å². The maximum atomic E-state index is 13.3. The average Bonchev–Trinajstić information content (AvgIpc) is 2.20. The molecule has 0 fully saturated rings. The molecule has 1 aromatic heterocycles. The summed E-state index contributed by atoms with van der Waals surface area (Å²) in [5.41, 5.74) is -1.52. The van der Waals surface area contributed by atoms with E-state index >= 15 is 0 Å². The number of pyridine rings is 1. The van der Waals surface area contributed by atoms with Gasteiger partial charge in [-0.3, -0.25) is 4.79 Å². The molecule has 0 radical (unpaired) electrons. The molecule has 0 atom stereocenters. The van der Waals surface area contributed by atoms with Crippen LogP contribution in [0.4, 0.5) is 22.0 Å². The topological polar surface area (TPSA) is 59.4 Å². The summed E-state index contributed by atoms with van der Waals surface area (Å²) in [6.07, 6.45) is -6.24. The fraction of sp³-hybridized carbons (Fsp3) is 0.333. The summed E-state index contributed by atoms with van der Waals surface area (Å²) < 4.78 is 64.9. The molecule has 0 saturated carbocycles. The van der Waals surface area contributed by atoms with Crippen LogP contribution >= 0.6 is 0 Å². The Bertz CT molecular complexity index is 460. The predicted octanol–water partition coefficient (Wildman–Crippen LogP) is 2.22. The Morgan fingerprint density at radius 3 is 2.50 bits per heavy atom. The normalized spacial score (nSPS) is 11.4. The van der Waals surface area contributed by atoms with Gasteiger partial charge in [-0.1, -0.05) is 0 Å². The number of carboxylic acid groups (broad SMARTS) is 1. The zero-order valence-corrected chi connectivity index (χ0v) is 8.59. The zero-order chi connectivity index (χ0) is 13.9. The third kappa shape index (κ3) is 3.82. The lowest BCUT2D eigenvalue weighted by molar-refractivity contribution is -0.276. The second-order valence-electron chi connectivity index (χ2n) is 3.13. The highest BCUT2D eigenvalue weighted by atomic mass is 19.4. The van der Waals surface area contributed by atoms with Gasteiger partial charge in [-0.05, 0) is 6.07 Å². The van der Waals surface area contributed by atoms with Crippen LogP contribution in [-0.4, -0.2) is 22.4 Å². The number of aromatic nitrogens is 1. The number of rotatable bonds is 4. The molecule has 0 aliphatic rings. The van der Waals surface area contributed by atoms with E-state index in [4.69, 9.17) is 5.11 Å². The Hall–Kier alpha value is -1.93. The fourth-order valence-electron chi connectivity index (χ4n) is 1.14. The molecular formula is C9H6F5NO3. The summed E-state index contributed by atoms with van der Waals surface area (Å²) in [4.78, 5) is 13.5. The van der Waals surface area contributed by atoms with Crippen LogP contribution in [0.25, 0.3) is 0 Å². The smallest absolute Gasteiger partial charge is 0.481 e. The molecule has 0 saturated heterocycles. The van der Waals surface area contributed by atoms with Crippen molar-refractivity contribution in [2.75, 3.05) is 0 Å². The summed E-state index contributed by atoms with van der Waals surface area (Å²) >= 11 is 0. The van der Waals surface area contributed by atoms with E-state index in [2.05, 4.69) is 9.72 Å². The maximum absolute atomic E-state index is 13.3. The van der Waals surface area contributed by atoms with E-state index in [1.807, 2.05) is 0 Å². The van der Waals surface area contributed by atoms with E-state index < -0.39 is 48.4 Å². The molecule has 1 rings (SSSR count). The van der Waals surface area contributed by atoms with Crippen molar-refractivity contribution in [3.8, 4) is 5.88 Å². The van der Waals surface area contributed by atoms with Crippen molar-refractivity contribution in [2.45, 2.75) is 19.5 Å². The molecule has 100 valence electrons. The van der Waals surface area contributed by atoms with Crippen LogP contribution in [0.15, 0.2) is 6.07 Å². The van der Waals surface area contributed by atoms with Gasteiger partial charge in [-0.2, -0.15) is 0 Å². The molecule has 1 aromatic rings. The van der Waals surface area contributed by atoms with E-state index in [9.17, 15) is 26.7 Å². The maximum Gasteiger partial charge on any atom is 0.574 e. The first-order chi connectivity index (χ1) is 8.23. The molecule has 0 aliphatic heterocycles. The summed E-state index contributed by atoms with van der Waals surface area (Å²) in [5, 5.41) is 8.44. The number of ether oxygens (including phenoxy) is 1. The molecule has 0 spiro atoms. The zero-order valence-electron chi connectivity index (χ0n) is 8.59. The van der Waals surface area contributed by atoms with Gasteiger partial charge in [0, 0.05) is 0 Å². The lowest BCUT2D eigenvalue weighted by Gasteiger charge is -2.12. The highest BCUT2D eigenvalue weighted by Crippen LogP contribution is 2.27. The first kappa shape index (κ1) is 14.1. The Morgan fingerprint density at radius 1 is 1.44 bits per heavy atom. The molecule has 18 heavy (non-hydrogen) atoms. The molecule has 0 aliphatic carbocycles. The van der Waals surface area contributed by atoms with Gasteiger partial charge in [0.2, 0.25) is 5.88 Å². The number of aliphatic carboxylic acids is 1. The molecule has 9 heteroatoms. The van der Waals surface area contributed by atoms with Crippen molar-refractivity contribution in [1.82, 2.24) is 4.98 Å². The first-order valence-electron chi connectivity index (χ1n) is 4.44. The van der Waals surface area contributed by atoms with Crippen molar-refractivity contribution in [3.05, 3.63) is 23.1 Å². The summed E-state index contributed by atoms with van der Waals surface area (Å²) in [7, 11) is 0. The third-order valence-corrected chi connectivity index (χ3v) is 1.76. The Kier molecular flexibility index (Phi) is 4.04. The molecule has 4 nitrogen and oxygen atoms in total. The van der Waals surface area contributed by atoms with Crippen molar-refractivity contribution in [3.63, 3.8) is 0 Å². The first-order valence-corrected chi connectivity index (χ1v) is 4.44. The van der Waals surface area contributed by atoms with Crippen molar-refractivity contribution in [1.29, 1.82) is 0 Å². The molecule has 1 N–H and O–H groups in total. The minimum absolute atomic E-state index is 0.515. The second kappa shape index (κ2) is 5.15. The van der Waals surface area contributed by atoms with Crippen LogP contribution in [0.5, 0.6) is 5.88 Å². The van der Waals surface area contributed by atoms with Gasteiger partial charge in [0.15, 0.2) is 0 Å². The number of halogens is 5. The second-order valence-corrected chi connectivity index (χ2v) is 3.13. The Labute approximate surface area is 97.0 Å². The number of nitrogens with zero attached hydrogens (tertiary/aromatic N) is 1. The van der Waals surface area contributed by atoms with Gasteiger partial charge in [0.05, 0.1) is 17.7 Å². The van der Waals surface area contributed by atoms with Gasteiger partial charge in [-0.25, -0.2) is 13.8 Å². The molecule has 1 heterocycles. The number of carbonyl (C=O) groups is 1. The number of carboxylic acids is 1. The van der Waals surface area contributed by atoms with Crippen LogP contribution in [-0.2, 0) is 17.9 Å².